The van der Waals surface area contributed by atoms with E-state index in [4.69, 9.17) is 0 Å². The molecule has 112 valence electrons. The van der Waals surface area contributed by atoms with E-state index in [0.29, 0.717) is 16.4 Å². The lowest BCUT2D eigenvalue weighted by molar-refractivity contribution is -0.138. The molecular weight excluding hydrogens is 291 g/mol. The Morgan fingerprint density at radius 3 is 2.57 bits per heavy atom. The van der Waals surface area contributed by atoms with Crippen molar-refractivity contribution in [2.75, 3.05) is 0 Å². The van der Waals surface area contributed by atoms with Crippen LogP contribution in [0.15, 0.2) is 24.3 Å². The fourth-order valence-corrected chi connectivity index (χ4v) is 2.78. The van der Waals surface area contributed by atoms with Crippen LogP contribution in [0.25, 0.3) is 0 Å². The number of aromatic nitrogens is 2. The van der Waals surface area contributed by atoms with E-state index in [2.05, 4.69) is 9.36 Å². The van der Waals surface area contributed by atoms with E-state index in [-0.39, 0.29) is 11.8 Å². The summed E-state index contributed by atoms with van der Waals surface area (Å²) in [5, 5.41) is 9.82. The summed E-state index contributed by atoms with van der Waals surface area (Å²) in [6, 6.07) is 6.20. The van der Waals surface area contributed by atoms with E-state index in [1.807, 2.05) is 20.8 Å². The first-order valence-electron chi connectivity index (χ1n) is 6.59. The van der Waals surface area contributed by atoms with E-state index >= 15 is 0 Å². The van der Waals surface area contributed by atoms with Crippen molar-refractivity contribution in [3.8, 4) is 0 Å². The Bertz CT molecular complexity index is 649. The molecule has 0 radical (unpaired) electrons. The first kappa shape index (κ1) is 15.6. The monoisotopic (exact) mass is 308 g/mol. The Morgan fingerprint density at radius 2 is 2.05 bits per heavy atom. The maximum absolute atomic E-state index is 13.7. The second-order valence-electron chi connectivity index (χ2n) is 5.89. The Labute approximate surface area is 126 Å². The molecule has 2 aromatic rings. The Balaban J connectivity index is 2.30. The predicted octanol–water partition coefficient (Wildman–Crippen LogP) is 3.39. The molecule has 1 N–H and O–H groups in total. The Kier molecular flexibility index (Phi) is 4.37. The van der Waals surface area contributed by atoms with Crippen molar-refractivity contribution in [3.05, 3.63) is 46.5 Å². The van der Waals surface area contributed by atoms with Crippen LogP contribution in [-0.2, 0) is 16.6 Å². The number of aliphatic carboxylic acids is 1. The van der Waals surface area contributed by atoms with Crippen molar-refractivity contribution in [1.29, 1.82) is 0 Å². The summed E-state index contributed by atoms with van der Waals surface area (Å²) in [5.74, 6) is -1.68. The van der Waals surface area contributed by atoms with Gasteiger partial charge in [-0.1, -0.05) is 39.0 Å². The van der Waals surface area contributed by atoms with Crippen molar-refractivity contribution in [3.63, 3.8) is 0 Å². The van der Waals surface area contributed by atoms with Crippen LogP contribution in [0, 0.1) is 5.82 Å². The number of halogens is 1. The van der Waals surface area contributed by atoms with E-state index in [1.165, 1.54) is 6.07 Å². The van der Waals surface area contributed by atoms with Crippen LogP contribution in [0.3, 0.4) is 0 Å². The molecule has 0 aliphatic carbocycles. The summed E-state index contributed by atoms with van der Waals surface area (Å²) < 4.78 is 17.9. The van der Waals surface area contributed by atoms with Crippen molar-refractivity contribution in [1.82, 2.24) is 9.36 Å². The summed E-state index contributed by atoms with van der Waals surface area (Å²) in [6.45, 7) is 5.89. The van der Waals surface area contributed by atoms with Crippen LogP contribution in [0.1, 0.15) is 43.1 Å². The lowest BCUT2D eigenvalue weighted by atomic mass is 9.95. The van der Waals surface area contributed by atoms with Gasteiger partial charge in [0.25, 0.3) is 0 Å². The van der Waals surface area contributed by atoms with E-state index in [1.54, 1.807) is 18.2 Å². The standard InChI is InChI=1S/C15H17FN2O2S/c1-15(2,3)14-17-12(21-18-14)10(13(19)20)8-9-6-4-5-7-11(9)16/h4-7,10H,8H2,1-3H3,(H,19,20). The first-order valence-corrected chi connectivity index (χ1v) is 7.36. The van der Waals surface area contributed by atoms with Gasteiger partial charge in [-0.3, -0.25) is 4.79 Å². The molecule has 6 heteroatoms. The van der Waals surface area contributed by atoms with Crippen molar-refractivity contribution < 1.29 is 14.3 Å². The Morgan fingerprint density at radius 1 is 1.38 bits per heavy atom. The normalized spacial score (nSPS) is 13.1. The predicted molar refractivity (Wildman–Crippen MR) is 79.1 cm³/mol. The molecule has 1 unspecified atom stereocenters. The maximum Gasteiger partial charge on any atom is 0.313 e. The lowest BCUT2D eigenvalue weighted by Crippen LogP contribution is -2.17. The smallest absolute Gasteiger partial charge is 0.313 e. The van der Waals surface area contributed by atoms with Gasteiger partial charge in [-0.2, -0.15) is 4.37 Å². The van der Waals surface area contributed by atoms with Crippen molar-refractivity contribution in [2.45, 2.75) is 38.5 Å². The minimum Gasteiger partial charge on any atom is -0.481 e. The molecule has 0 aliphatic rings. The molecule has 0 saturated heterocycles. The molecule has 0 aliphatic heterocycles. The third kappa shape index (κ3) is 3.64. The maximum atomic E-state index is 13.7. The van der Waals surface area contributed by atoms with Gasteiger partial charge in [-0.25, -0.2) is 9.37 Å². The molecule has 1 heterocycles. The second kappa shape index (κ2) is 5.89. The minimum absolute atomic E-state index is 0.0702. The SMILES string of the molecule is CC(C)(C)c1nsc(C(Cc2ccccc2F)C(=O)O)n1. The summed E-state index contributed by atoms with van der Waals surface area (Å²) in [5.41, 5.74) is 0.132. The number of carbonyl (C=O) groups is 1. The number of benzene rings is 1. The van der Waals surface area contributed by atoms with Gasteiger partial charge in [0.05, 0.1) is 0 Å². The number of carboxylic acid groups (broad SMARTS) is 1. The van der Waals surface area contributed by atoms with Crippen molar-refractivity contribution in [2.24, 2.45) is 0 Å². The zero-order chi connectivity index (χ0) is 15.6. The highest BCUT2D eigenvalue weighted by Crippen LogP contribution is 2.28. The third-order valence-electron chi connectivity index (χ3n) is 3.09. The molecule has 0 fully saturated rings. The summed E-state index contributed by atoms with van der Waals surface area (Å²) in [4.78, 5) is 15.8. The van der Waals surface area contributed by atoms with Gasteiger partial charge in [0.2, 0.25) is 0 Å². The van der Waals surface area contributed by atoms with Gasteiger partial charge < -0.3 is 5.11 Å². The molecule has 1 atom stereocenters. The molecule has 0 bridgehead atoms. The molecule has 0 amide bonds. The Hall–Kier alpha value is -1.82. The number of rotatable bonds is 4. The molecular formula is C15H17FN2O2S. The molecule has 0 spiro atoms. The van der Waals surface area contributed by atoms with Gasteiger partial charge in [0.1, 0.15) is 22.6 Å². The lowest BCUT2D eigenvalue weighted by Gasteiger charge is -2.13. The topological polar surface area (TPSA) is 63.1 Å². The zero-order valence-electron chi connectivity index (χ0n) is 12.1. The fourth-order valence-electron chi connectivity index (χ4n) is 1.85. The molecule has 0 saturated carbocycles. The molecule has 21 heavy (non-hydrogen) atoms. The van der Waals surface area contributed by atoms with Crippen LogP contribution in [0.5, 0.6) is 0 Å². The number of carboxylic acids is 1. The second-order valence-corrected chi connectivity index (χ2v) is 6.68. The number of nitrogens with zero attached hydrogens (tertiary/aromatic N) is 2. The highest BCUT2D eigenvalue weighted by atomic mass is 32.1. The fraction of sp³-hybridized carbons (Fsp3) is 0.400. The third-order valence-corrected chi connectivity index (χ3v) is 3.92. The van der Waals surface area contributed by atoms with Gasteiger partial charge >= 0.3 is 5.97 Å². The van der Waals surface area contributed by atoms with Crippen molar-refractivity contribution >= 4 is 17.5 Å². The molecule has 4 nitrogen and oxygen atoms in total. The first-order chi connectivity index (χ1) is 9.79. The highest BCUT2D eigenvalue weighted by molar-refractivity contribution is 7.05. The van der Waals surface area contributed by atoms with Gasteiger partial charge in [0.15, 0.2) is 0 Å². The van der Waals surface area contributed by atoms with Crippen LogP contribution in [-0.4, -0.2) is 20.4 Å². The van der Waals surface area contributed by atoms with E-state index in [0.717, 1.165) is 11.5 Å². The van der Waals surface area contributed by atoms with Gasteiger partial charge in [-0.05, 0) is 29.6 Å². The van der Waals surface area contributed by atoms with Crippen LogP contribution in [0.2, 0.25) is 0 Å². The minimum atomic E-state index is -1.02. The average molecular weight is 308 g/mol. The summed E-state index contributed by atoms with van der Waals surface area (Å²) >= 11 is 1.07. The average Bonchev–Trinajstić information content (AvgIpc) is 2.86. The van der Waals surface area contributed by atoms with Crippen LogP contribution < -0.4 is 0 Å². The molecule has 2 rings (SSSR count). The van der Waals surface area contributed by atoms with E-state index in [9.17, 15) is 14.3 Å². The molecule has 1 aromatic heterocycles. The van der Waals surface area contributed by atoms with Crippen LogP contribution in [0.4, 0.5) is 4.39 Å². The number of hydrogen-bond donors (Lipinski definition) is 1. The van der Waals surface area contributed by atoms with Crippen LogP contribution >= 0.6 is 11.5 Å². The quantitative estimate of drug-likeness (QED) is 0.940. The van der Waals surface area contributed by atoms with E-state index < -0.39 is 17.7 Å². The largest absolute Gasteiger partial charge is 0.481 e. The van der Waals surface area contributed by atoms with Gasteiger partial charge in [-0.15, -0.1) is 0 Å². The highest BCUT2D eigenvalue weighted by Gasteiger charge is 2.28. The number of hydrogen-bond acceptors (Lipinski definition) is 4. The summed E-state index contributed by atoms with van der Waals surface area (Å²) in [6.07, 6.45) is 0.0702. The zero-order valence-corrected chi connectivity index (χ0v) is 12.9. The summed E-state index contributed by atoms with van der Waals surface area (Å²) in [7, 11) is 0. The van der Waals surface area contributed by atoms with Gasteiger partial charge in [0, 0.05) is 5.41 Å². The molecule has 1 aromatic carbocycles.